The maximum absolute atomic E-state index is 4.24. The average Bonchev–Trinajstić information content (AvgIpc) is 3.12. The minimum Gasteiger partial charge on any atom is -0.312 e. The van der Waals surface area contributed by atoms with Gasteiger partial charge in [0.25, 0.3) is 0 Å². The van der Waals surface area contributed by atoms with Crippen molar-refractivity contribution in [1.82, 2.24) is 25.4 Å². The van der Waals surface area contributed by atoms with E-state index in [9.17, 15) is 0 Å². The lowest BCUT2D eigenvalue weighted by molar-refractivity contribution is 0.687. The summed E-state index contributed by atoms with van der Waals surface area (Å²) in [4.78, 5) is 0. The van der Waals surface area contributed by atoms with Crippen LogP contribution < -0.4 is 5.32 Å². The molecule has 0 aliphatic rings. The van der Waals surface area contributed by atoms with Crippen molar-refractivity contribution in [2.24, 2.45) is 0 Å². The number of aryl methyl sites for hydroxylation is 2. The Labute approximate surface area is 146 Å². The SMILES string of the molecule is Cc1ccc2cc(CNCCc3ccccc3)c3nnnn3c2c1C. The van der Waals surface area contributed by atoms with Crippen LogP contribution in [0.1, 0.15) is 22.3 Å². The van der Waals surface area contributed by atoms with Crippen LogP contribution in [0.4, 0.5) is 0 Å². The average molecular weight is 331 g/mol. The van der Waals surface area contributed by atoms with E-state index < -0.39 is 0 Å². The summed E-state index contributed by atoms with van der Waals surface area (Å²) in [5.74, 6) is 0. The summed E-state index contributed by atoms with van der Waals surface area (Å²) in [7, 11) is 0. The Hall–Kier alpha value is -2.79. The molecule has 126 valence electrons. The van der Waals surface area contributed by atoms with Gasteiger partial charge < -0.3 is 5.32 Å². The number of nitrogens with one attached hydrogen (secondary N) is 1. The minimum absolute atomic E-state index is 0.750. The molecule has 4 aromatic rings. The molecular formula is C20H21N5. The highest BCUT2D eigenvalue weighted by Crippen LogP contribution is 2.24. The van der Waals surface area contributed by atoms with E-state index in [1.165, 1.54) is 22.1 Å². The molecule has 1 N–H and O–H groups in total. The number of tetrazole rings is 1. The number of pyridine rings is 1. The predicted octanol–water partition coefficient (Wildman–Crippen LogP) is 3.23. The minimum atomic E-state index is 0.750. The highest BCUT2D eigenvalue weighted by atomic mass is 15.5. The molecule has 0 fully saturated rings. The van der Waals surface area contributed by atoms with E-state index in [-0.39, 0.29) is 0 Å². The number of hydrogen-bond acceptors (Lipinski definition) is 4. The molecule has 0 unspecified atom stereocenters. The Kier molecular flexibility index (Phi) is 4.15. The Morgan fingerprint density at radius 3 is 2.72 bits per heavy atom. The fourth-order valence-corrected chi connectivity index (χ4v) is 3.24. The van der Waals surface area contributed by atoms with Crippen molar-refractivity contribution in [2.45, 2.75) is 26.8 Å². The molecule has 0 bridgehead atoms. The molecule has 2 heterocycles. The number of hydrogen-bond donors (Lipinski definition) is 1. The molecule has 0 amide bonds. The molecule has 0 saturated heterocycles. The van der Waals surface area contributed by atoms with Crippen molar-refractivity contribution in [1.29, 1.82) is 0 Å². The molecule has 0 saturated carbocycles. The molecule has 25 heavy (non-hydrogen) atoms. The van der Waals surface area contributed by atoms with E-state index in [1.54, 1.807) is 0 Å². The standard InChI is InChI=1S/C20H21N5/c1-14-8-9-17-12-18(13-21-11-10-16-6-4-3-5-7-16)20-22-23-24-25(20)19(17)15(14)2/h3-9,12,21H,10-11,13H2,1-2H3. The highest BCUT2D eigenvalue weighted by molar-refractivity contribution is 5.86. The molecule has 4 rings (SSSR count). The van der Waals surface area contributed by atoms with E-state index >= 15 is 0 Å². The number of benzene rings is 2. The van der Waals surface area contributed by atoms with Gasteiger partial charge in [-0.1, -0.05) is 42.5 Å². The van der Waals surface area contributed by atoms with Gasteiger partial charge in [0, 0.05) is 17.5 Å². The number of nitrogens with zero attached hydrogens (tertiary/aromatic N) is 4. The van der Waals surface area contributed by atoms with E-state index in [2.05, 4.69) is 77.2 Å². The molecule has 2 aromatic heterocycles. The second-order valence-corrected chi connectivity index (χ2v) is 6.44. The van der Waals surface area contributed by atoms with Crippen molar-refractivity contribution >= 4 is 16.6 Å². The van der Waals surface area contributed by atoms with Gasteiger partial charge >= 0.3 is 0 Å². The molecule has 5 nitrogen and oxygen atoms in total. The van der Waals surface area contributed by atoms with Crippen molar-refractivity contribution in [3.05, 3.63) is 70.8 Å². The topological polar surface area (TPSA) is 55.1 Å². The van der Waals surface area contributed by atoms with Crippen LogP contribution in [0.5, 0.6) is 0 Å². The lowest BCUT2D eigenvalue weighted by Gasteiger charge is -2.11. The Balaban J connectivity index is 1.59. The van der Waals surface area contributed by atoms with Crippen molar-refractivity contribution in [3.63, 3.8) is 0 Å². The zero-order valence-corrected chi connectivity index (χ0v) is 14.5. The number of rotatable bonds is 5. The molecule has 0 aliphatic heterocycles. The fraction of sp³-hybridized carbons (Fsp3) is 0.250. The fourth-order valence-electron chi connectivity index (χ4n) is 3.24. The van der Waals surface area contributed by atoms with Gasteiger partial charge in [0.1, 0.15) is 0 Å². The predicted molar refractivity (Wildman–Crippen MR) is 99.6 cm³/mol. The van der Waals surface area contributed by atoms with E-state index in [4.69, 9.17) is 0 Å². The van der Waals surface area contributed by atoms with Gasteiger partial charge in [0.05, 0.1) is 5.52 Å². The van der Waals surface area contributed by atoms with Gasteiger partial charge in [0.15, 0.2) is 5.65 Å². The Bertz CT molecular complexity index is 1020. The molecule has 0 radical (unpaired) electrons. The van der Waals surface area contributed by atoms with Gasteiger partial charge in [-0.2, -0.15) is 4.52 Å². The summed E-state index contributed by atoms with van der Waals surface area (Å²) in [6, 6.07) is 17.0. The third-order valence-corrected chi connectivity index (χ3v) is 4.78. The third kappa shape index (κ3) is 2.98. The Morgan fingerprint density at radius 1 is 1.04 bits per heavy atom. The lowest BCUT2D eigenvalue weighted by Crippen LogP contribution is -2.17. The lowest BCUT2D eigenvalue weighted by atomic mass is 10.0. The maximum Gasteiger partial charge on any atom is 0.184 e. The second kappa shape index (κ2) is 6.61. The van der Waals surface area contributed by atoms with Crippen LogP contribution in [-0.2, 0) is 13.0 Å². The number of aromatic nitrogens is 4. The van der Waals surface area contributed by atoms with Crippen molar-refractivity contribution in [3.8, 4) is 0 Å². The Morgan fingerprint density at radius 2 is 1.88 bits per heavy atom. The van der Waals surface area contributed by atoms with Crippen LogP contribution in [0.25, 0.3) is 16.6 Å². The van der Waals surface area contributed by atoms with Crippen LogP contribution in [0.3, 0.4) is 0 Å². The van der Waals surface area contributed by atoms with Gasteiger partial charge in [-0.25, -0.2) is 0 Å². The van der Waals surface area contributed by atoms with Crippen molar-refractivity contribution in [2.75, 3.05) is 6.54 Å². The first-order valence-corrected chi connectivity index (χ1v) is 8.58. The molecule has 5 heteroatoms. The molecular weight excluding hydrogens is 310 g/mol. The normalized spacial score (nSPS) is 11.4. The summed E-state index contributed by atoms with van der Waals surface area (Å²) in [5.41, 5.74) is 6.85. The van der Waals surface area contributed by atoms with Gasteiger partial charge in [-0.05, 0) is 60.0 Å². The quantitative estimate of drug-likeness (QED) is 0.571. The van der Waals surface area contributed by atoms with Gasteiger partial charge in [0.2, 0.25) is 0 Å². The van der Waals surface area contributed by atoms with Crippen molar-refractivity contribution < 1.29 is 0 Å². The molecule has 0 aliphatic carbocycles. The summed E-state index contributed by atoms with van der Waals surface area (Å²) in [6.45, 7) is 5.91. The maximum atomic E-state index is 4.24. The summed E-state index contributed by atoms with van der Waals surface area (Å²) >= 11 is 0. The summed E-state index contributed by atoms with van der Waals surface area (Å²) < 4.78 is 1.87. The van der Waals surface area contributed by atoms with Gasteiger partial charge in [-0.15, -0.1) is 5.10 Å². The van der Waals surface area contributed by atoms with Crippen LogP contribution in [-0.4, -0.2) is 26.6 Å². The van der Waals surface area contributed by atoms with Crippen LogP contribution in [0, 0.1) is 13.8 Å². The molecule has 0 atom stereocenters. The number of fused-ring (bicyclic) bond motifs is 3. The first-order chi connectivity index (χ1) is 12.2. The summed E-state index contributed by atoms with van der Waals surface area (Å²) in [6.07, 6.45) is 1.01. The van der Waals surface area contributed by atoms with E-state index in [0.717, 1.165) is 36.2 Å². The van der Waals surface area contributed by atoms with Crippen LogP contribution in [0.2, 0.25) is 0 Å². The summed E-state index contributed by atoms with van der Waals surface area (Å²) in [5, 5.41) is 17.0. The monoisotopic (exact) mass is 331 g/mol. The molecule has 0 spiro atoms. The third-order valence-electron chi connectivity index (χ3n) is 4.78. The zero-order valence-electron chi connectivity index (χ0n) is 14.5. The smallest absolute Gasteiger partial charge is 0.184 e. The highest BCUT2D eigenvalue weighted by Gasteiger charge is 2.12. The van der Waals surface area contributed by atoms with Gasteiger partial charge in [-0.3, -0.25) is 0 Å². The zero-order chi connectivity index (χ0) is 17.2. The first kappa shape index (κ1) is 15.7. The first-order valence-electron chi connectivity index (χ1n) is 8.58. The van der Waals surface area contributed by atoms with Crippen LogP contribution in [0.15, 0.2) is 48.5 Å². The van der Waals surface area contributed by atoms with E-state index in [0.29, 0.717) is 0 Å². The molecule has 2 aromatic carbocycles. The second-order valence-electron chi connectivity index (χ2n) is 6.44. The van der Waals surface area contributed by atoms with E-state index in [1.807, 2.05) is 10.6 Å². The largest absolute Gasteiger partial charge is 0.312 e. The van der Waals surface area contributed by atoms with Crippen LogP contribution >= 0.6 is 0 Å².